The number of aromatic nitrogens is 3. The van der Waals surface area contributed by atoms with Gasteiger partial charge in [0.15, 0.2) is 0 Å². The van der Waals surface area contributed by atoms with E-state index in [-0.39, 0.29) is 0 Å². The van der Waals surface area contributed by atoms with Crippen LogP contribution in [0.4, 0.5) is 0 Å². The summed E-state index contributed by atoms with van der Waals surface area (Å²) in [5, 5.41) is 4.85. The third kappa shape index (κ3) is 4.52. The van der Waals surface area contributed by atoms with E-state index in [9.17, 15) is 0 Å². The zero-order valence-electron chi connectivity index (χ0n) is 25.6. The van der Waals surface area contributed by atoms with Crippen molar-refractivity contribution in [1.29, 1.82) is 0 Å². The van der Waals surface area contributed by atoms with Crippen LogP contribution in [-0.2, 0) is 0 Å². The Morgan fingerprint density at radius 2 is 1.02 bits per heavy atom. The first-order valence-corrected chi connectivity index (χ1v) is 15.9. The molecule has 0 atom stereocenters. The molecule has 2 aromatic heterocycles. The van der Waals surface area contributed by atoms with Gasteiger partial charge in [0.2, 0.25) is 0 Å². The van der Waals surface area contributed by atoms with Crippen LogP contribution in [0.25, 0.3) is 83.2 Å². The van der Waals surface area contributed by atoms with E-state index in [1.807, 2.05) is 18.3 Å². The SMILES string of the molecule is c1ccc(-c2nc3ccccc3n2-c2ccccc2-c2c3ccccc3c(-c3cccc(-c4ccccn4)c3)c3ccccc23)cc1. The molecular weight excluding hydrogens is 571 g/mol. The fraction of sp³-hybridized carbons (Fsp3) is 0. The first-order chi connectivity index (χ1) is 23.3. The van der Waals surface area contributed by atoms with Gasteiger partial charge in [-0.1, -0.05) is 133 Å². The molecule has 3 heteroatoms. The van der Waals surface area contributed by atoms with Gasteiger partial charge < -0.3 is 0 Å². The highest BCUT2D eigenvalue weighted by Gasteiger charge is 2.22. The lowest BCUT2D eigenvalue weighted by molar-refractivity contribution is 1.10. The monoisotopic (exact) mass is 599 g/mol. The maximum atomic E-state index is 5.16. The summed E-state index contributed by atoms with van der Waals surface area (Å²) in [6.07, 6.45) is 1.85. The Bertz CT molecular complexity index is 2510. The van der Waals surface area contributed by atoms with E-state index in [1.165, 1.54) is 38.2 Å². The second-order valence-corrected chi connectivity index (χ2v) is 11.8. The van der Waals surface area contributed by atoms with Crippen LogP contribution >= 0.6 is 0 Å². The lowest BCUT2D eigenvalue weighted by atomic mass is 9.85. The Morgan fingerprint density at radius 3 is 1.77 bits per heavy atom. The highest BCUT2D eigenvalue weighted by Crippen LogP contribution is 2.46. The van der Waals surface area contributed by atoms with Crippen molar-refractivity contribution in [3.8, 4) is 50.6 Å². The van der Waals surface area contributed by atoms with Crippen molar-refractivity contribution in [3.05, 3.63) is 176 Å². The summed E-state index contributed by atoms with van der Waals surface area (Å²) in [4.78, 5) is 9.80. The first kappa shape index (κ1) is 27.0. The molecule has 0 bridgehead atoms. The van der Waals surface area contributed by atoms with Crippen LogP contribution in [-0.4, -0.2) is 14.5 Å². The van der Waals surface area contributed by atoms with Crippen molar-refractivity contribution in [2.45, 2.75) is 0 Å². The molecule has 0 unspecified atom stereocenters. The number of pyridine rings is 1. The van der Waals surface area contributed by atoms with Crippen LogP contribution in [0.3, 0.4) is 0 Å². The number of imidazole rings is 1. The second-order valence-electron chi connectivity index (χ2n) is 11.8. The summed E-state index contributed by atoms with van der Waals surface area (Å²) in [6.45, 7) is 0. The lowest BCUT2D eigenvalue weighted by Gasteiger charge is -2.21. The van der Waals surface area contributed by atoms with E-state index in [4.69, 9.17) is 4.98 Å². The first-order valence-electron chi connectivity index (χ1n) is 15.9. The van der Waals surface area contributed by atoms with Gasteiger partial charge >= 0.3 is 0 Å². The van der Waals surface area contributed by atoms with Crippen LogP contribution in [0.15, 0.2) is 176 Å². The Balaban J connectivity index is 1.36. The van der Waals surface area contributed by atoms with E-state index in [0.717, 1.165) is 44.9 Å². The van der Waals surface area contributed by atoms with Gasteiger partial charge in [-0.15, -0.1) is 0 Å². The maximum Gasteiger partial charge on any atom is 0.145 e. The molecule has 0 saturated heterocycles. The minimum absolute atomic E-state index is 0.927. The number of para-hydroxylation sites is 3. The van der Waals surface area contributed by atoms with Crippen LogP contribution in [0.2, 0.25) is 0 Å². The number of benzene rings is 7. The zero-order valence-corrected chi connectivity index (χ0v) is 25.6. The molecule has 0 fully saturated rings. The van der Waals surface area contributed by atoms with Gasteiger partial charge in [0, 0.05) is 22.9 Å². The Labute approximate surface area is 273 Å². The fourth-order valence-corrected chi connectivity index (χ4v) is 7.03. The molecule has 0 saturated carbocycles. The maximum absolute atomic E-state index is 5.16. The third-order valence-corrected chi connectivity index (χ3v) is 9.05. The quantitative estimate of drug-likeness (QED) is 0.184. The predicted octanol–water partition coefficient (Wildman–Crippen LogP) is 11.4. The molecule has 9 rings (SSSR count). The van der Waals surface area contributed by atoms with E-state index in [1.54, 1.807) is 0 Å². The molecule has 0 spiro atoms. The van der Waals surface area contributed by atoms with Crippen molar-refractivity contribution in [3.63, 3.8) is 0 Å². The fourth-order valence-electron chi connectivity index (χ4n) is 7.03. The smallest absolute Gasteiger partial charge is 0.145 e. The molecule has 0 amide bonds. The summed E-state index contributed by atoms with van der Waals surface area (Å²) in [7, 11) is 0. The summed E-state index contributed by atoms with van der Waals surface area (Å²) >= 11 is 0. The zero-order chi connectivity index (χ0) is 31.2. The average molecular weight is 600 g/mol. The van der Waals surface area contributed by atoms with Crippen molar-refractivity contribution < 1.29 is 0 Å². The van der Waals surface area contributed by atoms with Gasteiger partial charge in [0.05, 0.1) is 22.4 Å². The predicted molar refractivity (Wildman–Crippen MR) is 196 cm³/mol. The van der Waals surface area contributed by atoms with Gasteiger partial charge in [-0.25, -0.2) is 4.98 Å². The largest absolute Gasteiger partial charge is 0.292 e. The van der Waals surface area contributed by atoms with Gasteiger partial charge in [0.25, 0.3) is 0 Å². The summed E-state index contributed by atoms with van der Waals surface area (Å²) < 4.78 is 2.33. The van der Waals surface area contributed by atoms with Gasteiger partial charge in [-0.05, 0) is 74.6 Å². The molecule has 2 heterocycles. The Hall–Kier alpha value is -6.32. The molecule has 0 radical (unpaired) electrons. The van der Waals surface area contributed by atoms with Crippen LogP contribution in [0.5, 0.6) is 0 Å². The molecule has 0 aliphatic carbocycles. The van der Waals surface area contributed by atoms with Gasteiger partial charge in [0.1, 0.15) is 5.82 Å². The molecule has 3 nitrogen and oxygen atoms in total. The summed E-state index contributed by atoms with van der Waals surface area (Å²) in [6, 6.07) is 60.2. The normalized spacial score (nSPS) is 11.4. The minimum Gasteiger partial charge on any atom is -0.292 e. The highest BCUT2D eigenvalue weighted by molar-refractivity contribution is 6.22. The average Bonchev–Trinajstić information content (AvgIpc) is 3.54. The molecular formula is C44H29N3. The van der Waals surface area contributed by atoms with E-state index in [2.05, 4.69) is 167 Å². The molecule has 220 valence electrons. The van der Waals surface area contributed by atoms with E-state index >= 15 is 0 Å². The molecule has 0 aliphatic heterocycles. The standard InChI is InChI=1S/C44H29N3/c1-2-15-30(16-3-1)44-46-39-25-9-11-27-41(39)47(44)40-26-10-8-23-37(40)43-35-21-6-4-19-33(35)42(34-20-5-7-22-36(34)43)32-18-14-17-31(29-32)38-24-12-13-28-45-38/h1-29H. The molecule has 0 N–H and O–H groups in total. The third-order valence-electron chi connectivity index (χ3n) is 9.05. The van der Waals surface area contributed by atoms with Gasteiger partial charge in [-0.3, -0.25) is 9.55 Å². The number of nitrogens with zero attached hydrogens (tertiary/aromatic N) is 3. The lowest BCUT2D eigenvalue weighted by Crippen LogP contribution is -2.01. The van der Waals surface area contributed by atoms with E-state index < -0.39 is 0 Å². The van der Waals surface area contributed by atoms with Gasteiger partial charge in [-0.2, -0.15) is 0 Å². The number of hydrogen-bond donors (Lipinski definition) is 0. The van der Waals surface area contributed by atoms with E-state index in [0.29, 0.717) is 0 Å². The molecule has 9 aromatic rings. The second kappa shape index (κ2) is 11.2. The molecule has 7 aromatic carbocycles. The number of rotatable bonds is 5. The van der Waals surface area contributed by atoms with Crippen molar-refractivity contribution in [2.24, 2.45) is 0 Å². The summed E-state index contributed by atoms with van der Waals surface area (Å²) in [5.41, 5.74) is 11.1. The summed E-state index contributed by atoms with van der Waals surface area (Å²) in [5.74, 6) is 0.927. The van der Waals surface area contributed by atoms with Crippen molar-refractivity contribution >= 4 is 32.6 Å². The Morgan fingerprint density at radius 1 is 0.426 bits per heavy atom. The number of hydrogen-bond acceptors (Lipinski definition) is 2. The topological polar surface area (TPSA) is 30.7 Å². The van der Waals surface area contributed by atoms with Crippen molar-refractivity contribution in [1.82, 2.24) is 14.5 Å². The number of fused-ring (bicyclic) bond motifs is 3. The van der Waals surface area contributed by atoms with Crippen molar-refractivity contribution in [2.75, 3.05) is 0 Å². The van der Waals surface area contributed by atoms with Crippen LogP contribution in [0.1, 0.15) is 0 Å². The van der Waals surface area contributed by atoms with Crippen LogP contribution < -0.4 is 0 Å². The highest BCUT2D eigenvalue weighted by atomic mass is 15.1. The molecule has 0 aliphatic rings. The minimum atomic E-state index is 0.927. The van der Waals surface area contributed by atoms with Crippen LogP contribution in [0, 0.1) is 0 Å². The Kier molecular flexibility index (Phi) is 6.46. The molecule has 47 heavy (non-hydrogen) atoms.